The number of benzene rings is 2. The van der Waals surface area contributed by atoms with Crippen LogP contribution in [0.1, 0.15) is 27.9 Å². The van der Waals surface area contributed by atoms with Crippen molar-refractivity contribution in [3.05, 3.63) is 101 Å². The van der Waals surface area contributed by atoms with E-state index in [0.29, 0.717) is 12.3 Å². The topological polar surface area (TPSA) is 73.4 Å². The number of aromatic nitrogens is 2. The third kappa shape index (κ3) is 4.52. The van der Waals surface area contributed by atoms with Gasteiger partial charge in [-0.05, 0) is 84.6 Å². The normalized spacial score (nSPS) is 12.2. The summed E-state index contributed by atoms with van der Waals surface area (Å²) in [5.74, 6) is 0.765. The molecule has 0 aliphatic heterocycles. The van der Waals surface area contributed by atoms with Crippen molar-refractivity contribution >= 4 is 28.4 Å². The highest BCUT2D eigenvalue weighted by atomic mass is 16.5. The summed E-state index contributed by atoms with van der Waals surface area (Å²) in [5, 5.41) is 1.18. The van der Waals surface area contributed by atoms with Gasteiger partial charge in [-0.2, -0.15) is 0 Å². The SMILES string of the molecule is CN=CC(=C(N)c1ccc(OCc2nc3cccc(C)c3cc2C)cc1)c1ccncc1. The van der Waals surface area contributed by atoms with Crippen molar-refractivity contribution in [3.63, 3.8) is 0 Å². The van der Waals surface area contributed by atoms with E-state index in [9.17, 15) is 0 Å². The van der Waals surface area contributed by atoms with Gasteiger partial charge in [0.05, 0.1) is 11.2 Å². The second-order valence-electron chi connectivity index (χ2n) is 7.66. The number of hydrogen-bond acceptors (Lipinski definition) is 5. The Morgan fingerprint density at radius 1 is 0.969 bits per heavy atom. The summed E-state index contributed by atoms with van der Waals surface area (Å²) in [7, 11) is 1.73. The zero-order chi connectivity index (χ0) is 22.5. The first-order chi connectivity index (χ1) is 15.6. The zero-order valence-corrected chi connectivity index (χ0v) is 18.5. The van der Waals surface area contributed by atoms with Gasteiger partial charge in [0.15, 0.2) is 0 Å². The average molecular weight is 423 g/mol. The van der Waals surface area contributed by atoms with Crippen molar-refractivity contribution in [2.24, 2.45) is 10.7 Å². The maximum atomic E-state index is 6.47. The van der Waals surface area contributed by atoms with Gasteiger partial charge in [-0.3, -0.25) is 9.98 Å². The van der Waals surface area contributed by atoms with Crippen molar-refractivity contribution in [1.29, 1.82) is 0 Å². The quantitative estimate of drug-likeness (QED) is 0.425. The summed E-state index contributed by atoms with van der Waals surface area (Å²) in [6.07, 6.45) is 5.26. The third-order valence-electron chi connectivity index (χ3n) is 5.45. The number of allylic oxidation sites excluding steroid dienone is 1. The van der Waals surface area contributed by atoms with Crippen LogP contribution >= 0.6 is 0 Å². The number of nitrogens with two attached hydrogens (primary N) is 1. The number of pyridine rings is 2. The highest BCUT2D eigenvalue weighted by Gasteiger charge is 2.09. The lowest BCUT2D eigenvalue weighted by Crippen LogP contribution is -2.04. The van der Waals surface area contributed by atoms with Gasteiger partial charge in [-0.25, -0.2) is 4.98 Å². The lowest BCUT2D eigenvalue weighted by molar-refractivity contribution is 0.301. The van der Waals surface area contributed by atoms with Crippen LogP contribution in [0.25, 0.3) is 22.2 Å². The Morgan fingerprint density at radius 2 is 1.72 bits per heavy atom. The van der Waals surface area contributed by atoms with Crippen LogP contribution in [0.15, 0.2) is 78.0 Å². The molecule has 0 amide bonds. The molecule has 5 heteroatoms. The lowest BCUT2D eigenvalue weighted by atomic mass is 10.0. The fourth-order valence-electron chi connectivity index (χ4n) is 3.63. The molecular weight excluding hydrogens is 396 g/mol. The smallest absolute Gasteiger partial charge is 0.130 e. The van der Waals surface area contributed by atoms with Crippen molar-refractivity contribution in [2.45, 2.75) is 20.5 Å². The van der Waals surface area contributed by atoms with Gasteiger partial charge < -0.3 is 10.5 Å². The minimum Gasteiger partial charge on any atom is -0.487 e. The van der Waals surface area contributed by atoms with Gasteiger partial charge in [0.2, 0.25) is 0 Å². The fourth-order valence-corrected chi connectivity index (χ4v) is 3.63. The molecule has 0 aliphatic rings. The van der Waals surface area contributed by atoms with E-state index in [2.05, 4.69) is 36.0 Å². The number of aryl methyl sites for hydroxylation is 2. The summed E-state index contributed by atoms with van der Waals surface area (Å²) < 4.78 is 6.03. The van der Waals surface area contributed by atoms with E-state index in [4.69, 9.17) is 15.5 Å². The van der Waals surface area contributed by atoms with Crippen LogP contribution in [-0.4, -0.2) is 23.2 Å². The molecule has 5 nitrogen and oxygen atoms in total. The highest BCUT2D eigenvalue weighted by Crippen LogP contribution is 2.24. The molecule has 160 valence electrons. The van der Waals surface area contributed by atoms with E-state index < -0.39 is 0 Å². The Morgan fingerprint density at radius 3 is 2.44 bits per heavy atom. The minimum absolute atomic E-state index is 0.408. The molecule has 0 radical (unpaired) electrons. The molecule has 0 aliphatic carbocycles. The summed E-state index contributed by atoms with van der Waals surface area (Å²) in [6.45, 7) is 4.58. The minimum atomic E-state index is 0.408. The van der Waals surface area contributed by atoms with Crippen molar-refractivity contribution in [1.82, 2.24) is 9.97 Å². The Bertz CT molecular complexity index is 1290. The Balaban J connectivity index is 1.54. The first kappa shape index (κ1) is 21.2. The summed E-state index contributed by atoms with van der Waals surface area (Å²) in [4.78, 5) is 13.0. The molecular formula is C27H26N4O. The van der Waals surface area contributed by atoms with E-state index in [-0.39, 0.29) is 0 Å². The van der Waals surface area contributed by atoms with Crippen LogP contribution in [-0.2, 0) is 6.61 Å². The van der Waals surface area contributed by atoms with Crippen LogP contribution < -0.4 is 10.5 Å². The number of aliphatic imine (C=N–C) groups is 1. The molecule has 0 saturated carbocycles. The average Bonchev–Trinajstić information content (AvgIpc) is 2.82. The first-order valence-corrected chi connectivity index (χ1v) is 10.5. The molecule has 4 aromatic rings. The fraction of sp³-hybridized carbons (Fsp3) is 0.148. The van der Waals surface area contributed by atoms with Crippen molar-refractivity contribution in [2.75, 3.05) is 7.05 Å². The summed E-state index contributed by atoms with van der Waals surface area (Å²) in [6, 6.07) is 20.0. The van der Waals surface area contributed by atoms with Gasteiger partial charge in [0.25, 0.3) is 0 Å². The maximum absolute atomic E-state index is 6.47. The highest BCUT2D eigenvalue weighted by molar-refractivity contribution is 6.18. The summed E-state index contributed by atoms with van der Waals surface area (Å²) in [5.41, 5.74) is 14.1. The maximum Gasteiger partial charge on any atom is 0.130 e. The zero-order valence-electron chi connectivity index (χ0n) is 18.5. The van der Waals surface area contributed by atoms with E-state index in [1.54, 1.807) is 25.7 Å². The van der Waals surface area contributed by atoms with Gasteiger partial charge in [-0.15, -0.1) is 0 Å². The predicted octanol–water partition coefficient (Wildman–Crippen LogP) is 5.35. The molecule has 2 aromatic heterocycles. The molecule has 0 atom stereocenters. The molecule has 0 bridgehead atoms. The van der Waals surface area contributed by atoms with E-state index in [1.807, 2.05) is 48.5 Å². The molecule has 0 spiro atoms. The van der Waals surface area contributed by atoms with Crippen LogP contribution in [0.4, 0.5) is 0 Å². The second kappa shape index (κ2) is 9.43. The molecule has 2 N–H and O–H groups in total. The van der Waals surface area contributed by atoms with E-state index >= 15 is 0 Å². The lowest BCUT2D eigenvalue weighted by Gasteiger charge is -2.12. The predicted molar refractivity (Wildman–Crippen MR) is 132 cm³/mol. The van der Waals surface area contributed by atoms with Crippen LogP contribution in [0.2, 0.25) is 0 Å². The Labute approximate surface area is 188 Å². The molecule has 32 heavy (non-hydrogen) atoms. The Hall–Kier alpha value is -3.99. The molecule has 0 saturated heterocycles. The van der Waals surface area contributed by atoms with Crippen molar-refractivity contribution < 1.29 is 4.74 Å². The molecule has 0 unspecified atom stereocenters. The number of ether oxygens (including phenoxy) is 1. The number of nitrogens with zero attached hydrogens (tertiary/aromatic N) is 3. The monoisotopic (exact) mass is 422 g/mol. The largest absolute Gasteiger partial charge is 0.487 e. The van der Waals surface area contributed by atoms with E-state index in [0.717, 1.165) is 39.2 Å². The van der Waals surface area contributed by atoms with Crippen LogP contribution in [0.3, 0.4) is 0 Å². The standard InChI is InChI=1S/C27H26N4O/c1-18-5-4-6-25-23(18)15-19(2)26(31-25)17-32-22-9-7-21(8-10-22)27(28)24(16-29-3)20-11-13-30-14-12-20/h4-16H,17,28H2,1-3H3. The van der Waals surface area contributed by atoms with Gasteiger partial charge >= 0.3 is 0 Å². The van der Waals surface area contributed by atoms with Gasteiger partial charge in [-0.1, -0.05) is 12.1 Å². The number of fused-ring (bicyclic) bond motifs is 1. The second-order valence-corrected chi connectivity index (χ2v) is 7.66. The summed E-state index contributed by atoms with van der Waals surface area (Å²) >= 11 is 0. The van der Waals surface area contributed by atoms with Crippen LogP contribution in [0.5, 0.6) is 5.75 Å². The third-order valence-corrected chi connectivity index (χ3v) is 5.45. The molecule has 4 rings (SSSR count). The Kier molecular flexibility index (Phi) is 6.26. The first-order valence-electron chi connectivity index (χ1n) is 10.5. The number of hydrogen-bond donors (Lipinski definition) is 1. The van der Waals surface area contributed by atoms with E-state index in [1.165, 1.54) is 10.9 Å². The molecule has 2 aromatic carbocycles. The molecule has 2 heterocycles. The number of rotatable bonds is 6. The van der Waals surface area contributed by atoms with Crippen molar-refractivity contribution in [3.8, 4) is 5.75 Å². The molecule has 0 fully saturated rings. The van der Waals surface area contributed by atoms with Crippen LogP contribution in [0, 0.1) is 13.8 Å². The van der Waals surface area contributed by atoms with Gasteiger partial charge in [0.1, 0.15) is 12.4 Å². The van der Waals surface area contributed by atoms with Gasteiger partial charge in [0, 0.05) is 42.3 Å².